The molecule has 1 saturated carbocycles. The van der Waals surface area contributed by atoms with Gasteiger partial charge in [0.25, 0.3) is 5.91 Å². The van der Waals surface area contributed by atoms with Crippen LogP contribution >= 0.6 is 0 Å². The molecule has 1 aliphatic heterocycles. The van der Waals surface area contributed by atoms with Gasteiger partial charge in [-0.15, -0.1) is 13.2 Å². The van der Waals surface area contributed by atoms with E-state index in [1.165, 1.54) is 11.0 Å². The van der Waals surface area contributed by atoms with Crippen molar-refractivity contribution in [1.82, 2.24) is 26.2 Å². The Bertz CT molecular complexity index is 1170. The summed E-state index contributed by atoms with van der Waals surface area (Å²) in [6, 6.07) is 5.11. The highest BCUT2D eigenvalue weighted by molar-refractivity contribution is 6.38. The van der Waals surface area contributed by atoms with Crippen LogP contribution in [0, 0.1) is 5.92 Å². The molecule has 42 heavy (non-hydrogen) atoms. The van der Waals surface area contributed by atoms with E-state index in [2.05, 4.69) is 34.4 Å². The summed E-state index contributed by atoms with van der Waals surface area (Å²) in [5.41, 5.74) is 2.32. The first-order chi connectivity index (χ1) is 20.3. The molecule has 3 atom stereocenters. The molecule has 0 radical (unpaired) electrons. The first kappa shape index (κ1) is 31.0. The molecular weight excluding hydrogens is 534 g/mol. The summed E-state index contributed by atoms with van der Waals surface area (Å²) in [5.74, 6) is -2.49. The van der Waals surface area contributed by atoms with Crippen LogP contribution in [0.2, 0.25) is 0 Å². The summed E-state index contributed by atoms with van der Waals surface area (Å²) in [5, 5.41) is 11.2. The third-order valence-corrected chi connectivity index (χ3v) is 8.56. The molecule has 10 nitrogen and oxygen atoms in total. The maximum Gasteiger partial charge on any atom is 0.315 e. The molecular formula is C32H43N5O5. The Morgan fingerprint density at radius 3 is 2.26 bits per heavy atom. The average molecular weight is 578 g/mol. The van der Waals surface area contributed by atoms with Gasteiger partial charge in [-0.2, -0.15) is 0 Å². The van der Waals surface area contributed by atoms with Crippen molar-refractivity contribution in [3.8, 4) is 0 Å². The van der Waals surface area contributed by atoms with Gasteiger partial charge in [0.1, 0.15) is 12.1 Å². The van der Waals surface area contributed by atoms with E-state index >= 15 is 0 Å². The van der Waals surface area contributed by atoms with E-state index in [9.17, 15) is 24.0 Å². The highest BCUT2D eigenvalue weighted by Gasteiger charge is 2.43. The fraction of sp³-hybridized carbons (Fsp3) is 0.531. The molecule has 1 aromatic rings. The van der Waals surface area contributed by atoms with Crippen molar-refractivity contribution in [2.24, 2.45) is 5.92 Å². The molecule has 226 valence electrons. The lowest BCUT2D eigenvalue weighted by Crippen LogP contribution is -2.59. The monoisotopic (exact) mass is 577 g/mol. The molecule has 10 heteroatoms. The Balaban J connectivity index is 1.49. The Kier molecular flexibility index (Phi) is 10.9. The zero-order chi connectivity index (χ0) is 30.1. The number of carbonyl (C=O) groups is 5. The van der Waals surface area contributed by atoms with Crippen LogP contribution in [0.25, 0.3) is 0 Å². The molecule has 4 rings (SSSR count). The van der Waals surface area contributed by atoms with E-state index in [1.54, 1.807) is 6.08 Å². The standard InChI is InChI=1S/C32H43N5O5/c1-3-5-15-25(28(38)30(40)33-17-4-2)35-29(39)26-16-10-18-37(26)31(41)27(36-32(42)34-24-13-8-9-14-24)23-19-21-11-6-7-12-22(21)20-23/h3-4,6-7,11-12,23-27H,1-2,5,8-10,13-20H2,(H,33,40)(H,35,39)(H2,34,36,42)/t25?,26-,27?/m0/s1. The van der Waals surface area contributed by atoms with E-state index in [-0.39, 0.29) is 36.9 Å². The van der Waals surface area contributed by atoms with E-state index in [1.807, 2.05) is 24.3 Å². The molecule has 1 aromatic carbocycles. The number of nitrogens with one attached hydrogen (secondary N) is 4. The second-order valence-corrected chi connectivity index (χ2v) is 11.5. The fourth-order valence-corrected chi connectivity index (χ4v) is 6.36. The summed E-state index contributed by atoms with van der Waals surface area (Å²) in [6.07, 6.45) is 10.0. The third kappa shape index (κ3) is 7.66. The Labute approximate surface area is 247 Å². The van der Waals surface area contributed by atoms with Gasteiger partial charge in [0.05, 0.1) is 6.04 Å². The van der Waals surface area contributed by atoms with Gasteiger partial charge in [-0.05, 0) is 68.4 Å². The number of allylic oxidation sites excluding steroid dienone is 1. The van der Waals surface area contributed by atoms with Crippen LogP contribution in [0.4, 0.5) is 4.79 Å². The van der Waals surface area contributed by atoms with Gasteiger partial charge >= 0.3 is 6.03 Å². The minimum atomic E-state index is -1.05. The molecule has 2 aliphatic carbocycles. The normalized spacial score (nSPS) is 19.8. The molecule has 2 unspecified atom stereocenters. The largest absolute Gasteiger partial charge is 0.346 e. The number of benzene rings is 1. The highest BCUT2D eigenvalue weighted by Crippen LogP contribution is 2.31. The SMILES string of the molecule is C=CCCC(NC(=O)[C@@H]1CCCN1C(=O)C(NC(=O)NC1CCCC1)C1Cc2ccccc2C1)C(=O)C(=O)NCC=C. The quantitative estimate of drug-likeness (QED) is 0.211. The van der Waals surface area contributed by atoms with Gasteiger partial charge in [-0.3, -0.25) is 19.2 Å². The minimum Gasteiger partial charge on any atom is -0.346 e. The number of hydrogen-bond acceptors (Lipinski definition) is 5. The number of ketones is 1. The van der Waals surface area contributed by atoms with Crippen molar-refractivity contribution >= 4 is 29.5 Å². The second kappa shape index (κ2) is 14.8. The average Bonchev–Trinajstić information content (AvgIpc) is 3.77. The molecule has 1 saturated heterocycles. The third-order valence-electron chi connectivity index (χ3n) is 8.56. The lowest BCUT2D eigenvalue weighted by atomic mass is 9.94. The number of carbonyl (C=O) groups excluding carboxylic acids is 5. The van der Waals surface area contributed by atoms with Crippen LogP contribution in [0.1, 0.15) is 62.5 Å². The number of urea groups is 1. The number of amides is 5. The van der Waals surface area contributed by atoms with Crippen LogP contribution in [0.3, 0.4) is 0 Å². The predicted octanol–water partition coefficient (Wildman–Crippen LogP) is 2.33. The van der Waals surface area contributed by atoms with Crippen molar-refractivity contribution < 1.29 is 24.0 Å². The van der Waals surface area contributed by atoms with Crippen molar-refractivity contribution in [3.05, 3.63) is 60.7 Å². The first-order valence-corrected chi connectivity index (χ1v) is 15.1. The number of likely N-dealkylation sites (tertiary alicyclic amines) is 1. The molecule has 5 amide bonds. The van der Waals surface area contributed by atoms with E-state index in [0.29, 0.717) is 38.6 Å². The number of Topliss-reactive ketones (excluding diaryl/α,β-unsaturated/α-hetero) is 1. The summed E-state index contributed by atoms with van der Waals surface area (Å²) in [7, 11) is 0. The van der Waals surface area contributed by atoms with Gasteiger partial charge in [0.2, 0.25) is 17.6 Å². The van der Waals surface area contributed by atoms with Gasteiger partial charge in [-0.25, -0.2) is 4.79 Å². The van der Waals surface area contributed by atoms with E-state index < -0.39 is 35.7 Å². The molecule has 1 heterocycles. The minimum absolute atomic E-state index is 0.0977. The number of fused-ring (bicyclic) bond motifs is 1. The number of rotatable bonds is 13. The number of hydrogen-bond donors (Lipinski definition) is 4. The van der Waals surface area contributed by atoms with E-state index in [4.69, 9.17) is 0 Å². The maximum atomic E-state index is 14.1. The first-order valence-electron chi connectivity index (χ1n) is 15.1. The van der Waals surface area contributed by atoms with Gasteiger partial charge in [-0.1, -0.05) is 49.3 Å². The fourth-order valence-electron chi connectivity index (χ4n) is 6.36. The maximum absolute atomic E-state index is 14.1. The Morgan fingerprint density at radius 1 is 0.929 bits per heavy atom. The van der Waals surface area contributed by atoms with Crippen LogP contribution in [-0.4, -0.2) is 71.7 Å². The smallest absolute Gasteiger partial charge is 0.315 e. The van der Waals surface area contributed by atoms with Crippen molar-refractivity contribution in [1.29, 1.82) is 0 Å². The molecule has 0 spiro atoms. The molecule has 4 N–H and O–H groups in total. The summed E-state index contributed by atoms with van der Waals surface area (Å²) >= 11 is 0. The topological polar surface area (TPSA) is 137 Å². The Hall–Kier alpha value is -3.95. The summed E-state index contributed by atoms with van der Waals surface area (Å²) in [6.45, 7) is 7.70. The van der Waals surface area contributed by atoms with E-state index in [0.717, 1.165) is 36.8 Å². The molecule has 3 aliphatic rings. The Morgan fingerprint density at radius 2 is 1.62 bits per heavy atom. The van der Waals surface area contributed by atoms with Crippen LogP contribution in [0.5, 0.6) is 0 Å². The van der Waals surface area contributed by atoms with Gasteiger partial charge in [0.15, 0.2) is 0 Å². The molecule has 0 aromatic heterocycles. The zero-order valence-electron chi connectivity index (χ0n) is 24.2. The van der Waals surface area contributed by atoms with Crippen molar-refractivity contribution in [2.75, 3.05) is 13.1 Å². The lowest BCUT2D eigenvalue weighted by Gasteiger charge is -2.32. The second-order valence-electron chi connectivity index (χ2n) is 11.5. The van der Waals surface area contributed by atoms with Gasteiger partial charge in [0, 0.05) is 19.1 Å². The molecule has 0 bridgehead atoms. The summed E-state index contributed by atoms with van der Waals surface area (Å²) < 4.78 is 0. The predicted molar refractivity (Wildman–Crippen MR) is 159 cm³/mol. The number of nitrogens with zero attached hydrogens (tertiary/aromatic N) is 1. The molecule has 2 fully saturated rings. The van der Waals surface area contributed by atoms with Crippen LogP contribution < -0.4 is 21.3 Å². The van der Waals surface area contributed by atoms with Gasteiger partial charge < -0.3 is 26.2 Å². The zero-order valence-corrected chi connectivity index (χ0v) is 24.2. The van der Waals surface area contributed by atoms with Crippen LogP contribution in [0.15, 0.2) is 49.6 Å². The van der Waals surface area contributed by atoms with Crippen LogP contribution in [-0.2, 0) is 32.0 Å². The van der Waals surface area contributed by atoms with Crippen molar-refractivity contribution in [2.45, 2.75) is 88.4 Å². The highest BCUT2D eigenvalue weighted by atomic mass is 16.2. The summed E-state index contributed by atoms with van der Waals surface area (Å²) in [4.78, 5) is 67.4. The van der Waals surface area contributed by atoms with Crippen molar-refractivity contribution in [3.63, 3.8) is 0 Å². The lowest BCUT2D eigenvalue weighted by molar-refractivity contribution is -0.143.